The molecule has 0 aromatic heterocycles. The van der Waals surface area contributed by atoms with Crippen molar-refractivity contribution in [3.05, 3.63) is 35.9 Å². The predicted molar refractivity (Wildman–Crippen MR) is 68.7 cm³/mol. The highest BCUT2D eigenvalue weighted by molar-refractivity contribution is 7.90. The molecule has 5 heteroatoms. The highest BCUT2D eigenvalue weighted by Gasteiger charge is 2.18. The minimum absolute atomic E-state index is 0.0791. The molecule has 0 aliphatic heterocycles. The molecule has 1 aromatic carbocycles. The third-order valence-corrected chi connectivity index (χ3v) is 4.14. The summed E-state index contributed by atoms with van der Waals surface area (Å²) in [6.07, 6.45) is 0. The van der Waals surface area contributed by atoms with Crippen molar-refractivity contribution in [1.82, 2.24) is 5.32 Å². The second kappa shape index (κ2) is 6.74. The highest BCUT2D eigenvalue weighted by Crippen LogP contribution is 2.07. The quantitative estimate of drug-likeness (QED) is 0.786. The number of rotatable bonds is 7. The van der Waals surface area contributed by atoms with Crippen molar-refractivity contribution in [3.63, 3.8) is 0 Å². The number of methoxy groups -OCH3 is 1. The predicted octanol–water partition coefficient (Wildman–Crippen LogP) is 0.836. The Hall–Kier alpha value is -0.910. The van der Waals surface area contributed by atoms with Gasteiger partial charge in [0, 0.05) is 13.2 Å². The van der Waals surface area contributed by atoms with Gasteiger partial charge in [0.25, 0.3) is 0 Å². The fourth-order valence-electron chi connectivity index (χ4n) is 1.61. The number of benzene rings is 1. The van der Waals surface area contributed by atoms with Crippen molar-refractivity contribution in [1.29, 1.82) is 0 Å². The average Bonchev–Trinajstić information content (AvgIpc) is 2.29. The Morgan fingerprint density at radius 3 is 2.47 bits per heavy atom. The van der Waals surface area contributed by atoms with Gasteiger partial charge in [0.05, 0.1) is 18.1 Å². The minimum Gasteiger partial charge on any atom is -0.383 e. The van der Waals surface area contributed by atoms with E-state index < -0.39 is 9.84 Å². The van der Waals surface area contributed by atoms with E-state index in [1.54, 1.807) is 14.2 Å². The molecule has 96 valence electrons. The Balaban J connectivity index is 2.63. The van der Waals surface area contributed by atoms with Crippen LogP contribution < -0.4 is 5.32 Å². The van der Waals surface area contributed by atoms with E-state index in [1.165, 1.54) is 0 Å². The third kappa shape index (κ3) is 5.30. The molecule has 17 heavy (non-hydrogen) atoms. The molecule has 0 amide bonds. The first-order valence-corrected chi connectivity index (χ1v) is 7.30. The van der Waals surface area contributed by atoms with Crippen LogP contribution in [-0.2, 0) is 20.3 Å². The fraction of sp³-hybridized carbons (Fsp3) is 0.500. The third-order valence-electron chi connectivity index (χ3n) is 2.46. The van der Waals surface area contributed by atoms with Gasteiger partial charge in [-0.15, -0.1) is 0 Å². The van der Waals surface area contributed by atoms with Crippen LogP contribution in [0.2, 0.25) is 0 Å². The van der Waals surface area contributed by atoms with E-state index in [9.17, 15) is 8.42 Å². The zero-order valence-electron chi connectivity index (χ0n) is 10.2. The Bertz CT molecular complexity index is 417. The van der Waals surface area contributed by atoms with E-state index >= 15 is 0 Å². The molecule has 0 saturated carbocycles. The SMILES string of the molecule is CNC(COC)CS(=O)(=O)Cc1ccccc1. The number of ether oxygens (including phenoxy) is 1. The molecule has 0 radical (unpaired) electrons. The molecule has 1 aromatic rings. The maximum atomic E-state index is 11.9. The first-order chi connectivity index (χ1) is 8.07. The molecular formula is C12H19NO3S. The van der Waals surface area contributed by atoms with Crippen LogP contribution in [0.25, 0.3) is 0 Å². The lowest BCUT2D eigenvalue weighted by molar-refractivity contribution is 0.176. The number of hydrogen-bond acceptors (Lipinski definition) is 4. The number of hydrogen-bond donors (Lipinski definition) is 1. The summed E-state index contributed by atoms with van der Waals surface area (Å²) < 4.78 is 28.9. The smallest absolute Gasteiger partial charge is 0.156 e. The van der Waals surface area contributed by atoms with Crippen LogP contribution in [0.3, 0.4) is 0 Å². The largest absolute Gasteiger partial charge is 0.383 e. The Morgan fingerprint density at radius 1 is 1.29 bits per heavy atom. The topological polar surface area (TPSA) is 55.4 Å². The number of likely N-dealkylation sites (N-methyl/N-ethyl adjacent to an activating group) is 1. The molecule has 4 nitrogen and oxygen atoms in total. The van der Waals surface area contributed by atoms with Gasteiger partial charge < -0.3 is 10.1 Å². The molecular weight excluding hydrogens is 238 g/mol. The molecule has 0 aliphatic carbocycles. The minimum atomic E-state index is -3.11. The summed E-state index contributed by atoms with van der Waals surface area (Å²) in [5.74, 6) is 0.169. The molecule has 1 unspecified atom stereocenters. The summed E-state index contributed by atoms with van der Waals surface area (Å²) in [6.45, 7) is 0.393. The Kier molecular flexibility index (Phi) is 5.61. The monoisotopic (exact) mass is 257 g/mol. The lowest BCUT2D eigenvalue weighted by Crippen LogP contribution is -2.37. The maximum absolute atomic E-state index is 11.9. The zero-order chi connectivity index (χ0) is 12.7. The standard InChI is InChI=1S/C12H19NO3S/c1-13-12(8-16-2)10-17(14,15)9-11-6-4-3-5-7-11/h3-7,12-13H,8-10H2,1-2H3. The maximum Gasteiger partial charge on any atom is 0.156 e. The van der Waals surface area contributed by atoms with E-state index in [2.05, 4.69) is 5.32 Å². The molecule has 0 bridgehead atoms. The lowest BCUT2D eigenvalue weighted by atomic mass is 10.2. The summed E-state index contributed by atoms with van der Waals surface area (Å²) in [7, 11) is 0.191. The summed E-state index contributed by atoms with van der Waals surface area (Å²) in [6, 6.07) is 9.04. The molecule has 0 saturated heterocycles. The van der Waals surface area contributed by atoms with E-state index in [0.717, 1.165) is 5.56 Å². The van der Waals surface area contributed by atoms with Gasteiger partial charge in [-0.25, -0.2) is 8.42 Å². The summed E-state index contributed by atoms with van der Waals surface area (Å²) in [4.78, 5) is 0. The Labute approximate surface area is 103 Å². The normalized spacial score (nSPS) is 13.5. The molecule has 1 rings (SSSR count). The summed E-state index contributed by atoms with van der Waals surface area (Å²) >= 11 is 0. The number of sulfone groups is 1. The van der Waals surface area contributed by atoms with Crippen molar-refractivity contribution < 1.29 is 13.2 Å². The van der Waals surface area contributed by atoms with Gasteiger partial charge >= 0.3 is 0 Å². The van der Waals surface area contributed by atoms with Crippen LogP contribution in [-0.4, -0.2) is 41.0 Å². The van der Waals surface area contributed by atoms with Crippen molar-refractivity contribution >= 4 is 9.84 Å². The highest BCUT2D eigenvalue weighted by atomic mass is 32.2. The van der Waals surface area contributed by atoms with Gasteiger partial charge in [-0.2, -0.15) is 0 Å². The molecule has 0 aliphatic rings. The van der Waals surface area contributed by atoms with Gasteiger partial charge in [-0.05, 0) is 12.6 Å². The van der Waals surface area contributed by atoms with Crippen molar-refractivity contribution in [3.8, 4) is 0 Å². The van der Waals surface area contributed by atoms with Crippen molar-refractivity contribution in [2.45, 2.75) is 11.8 Å². The number of nitrogens with one attached hydrogen (secondary N) is 1. The zero-order valence-corrected chi connectivity index (χ0v) is 11.0. The van der Waals surface area contributed by atoms with Crippen molar-refractivity contribution in [2.24, 2.45) is 0 Å². The second-order valence-corrected chi connectivity index (χ2v) is 6.09. The van der Waals surface area contributed by atoms with Gasteiger partial charge in [0.1, 0.15) is 0 Å². The average molecular weight is 257 g/mol. The van der Waals surface area contributed by atoms with E-state index in [-0.39, 0.29) is 17.5 Å². The van der Waals surface area contributed by atoms with Gasteiger partial charge in [0.2, 0.25) is 0 Å². The molecule has 0 spiro atoms. The summed E-state index contributed by atoms with van der Waals surface area (Å²) in [5.41, 5.74) is 0.819. The molecule has 0 heterocycles. The molecule has 1 N–H and O–H groups in total. The van der Waals surface area contributed by atoms with Crippen LogP contribution in [0.1, 0.15) is 5.56 Å². The molecule has 1 atom stereocenters. The first kappa shape index (κ1) is 14.2. The first-order valence-electron chi connectivity index (χ1n) is 5.48. The Morgan fingerprint density at radius 2 is 1.94 bits per heavy atom. The van der Waals surface area contributed by atoms with Gasteiger partial charge in [-0.1, -0.05) is 30.3 Å². The lowest BCUT2D eigenvalue weighted by Gasteiger charge is -2.15. The van der Waals surface area contributed by atoms with Crippen LogP contribution in [0.5, 0.6) is 0 Å². The van der Waals surface area contributed by atoms with Crippen LogP contribution in [0.4, 0.5) is 0 Å². The van der Waals surface area contributed by atoms with E-state index in [4.69, 9.17) is 4.74 Å². The fourth-order valence-corrected chi connectivity index (χ4v) is 3.30. The molecule has 0 fully saturated rings. The van der Waals surface area contributed by atoms with E-state index in [0.29, 0.717) is 6.61 Å². The van der Waals surface area contributed by atoms with Crippen molar-refractivity contribution in [2.75, 3.05) is 26.5 Å². The van der Waals surface area contributed by atoms with E-state index in [1.807, 2.05) is 30.3 Å². The van der Waals surface area contributed by atoms with Crippen LogP contribution >= 0.6 is 0 Å². The van der Waals surface area contributed by atoms with Crippen LogP contribution in [0.15, 0.2) is 30.3 Å². The van der Waals surface area contributed by atoms with Gasteiger partial charge in [-0.3, -0.25) is 0 Å². The van der Waals surface area contributed by atoms with Gasteiger partial charge in [0.15, 0.2) is 9.84 Å². The summed E-state index contributed by atoms with van der Waals surface area (Å²) in [5, 5.41) is 2.94. The van der Waals surface area contributed by atoms with Crippen LogP contribution in [0, 0.1) is 0 Å². The second-order valence-electron chi connectivity index (χ2n) is 3.98.